The van der Waals surface area contributed by atoms with Gasteiger partial charge >= 0.3 is 0 Å². The van der Waals surface area contributed by atoms with E-state index in [0.717, 1.165) is 23.9 Å². The highest BCUT2D eigenvalue weighted by Crippen LogP contribution is 2.26. The summed E-state index contributed by atoms with van der Waals surface area (Å²) in [5, 5.41) is 3.80. The highest BCUT2D eigenvalue weighted by Gasteiger charge is 2.36. The maximum absolute atomic E-state index is 3.80. The van der Waals surface area contributed by atoms with E-state index in [0.29, 0.717) is 6.04 Å². The Hall–Kier alpha value is -0.120. The zero-order chi connectivity index (χ0) is 15.4. The molecule has 2 atom stereocenters. The molecule has 2 heterocycles. The molecule has 0 aliphatic carbocycles. The number of rotatable bonds is 5. The van der Waals surface area contributed by atoms with Crippen molar-refractivity contribution in [2.24, 2.45) is 11.8 Å². The van der Waals surface area contributed by atoms with Crippen LogP contribution in [0.25, 0.3) is 0 Å². The summed E-state index contributed by atoms with van der Waals surface area (Å²) in [4.78, 5) is 5.53. The van der Waals surface area contributed by atoms with Crippen molar-refractivity contribution in [2.75, 3.05) is 32.7 Å². The molecule has 0 aromatic carbocycles. The smallest absolute Gasteiger partial charge is 0.0247 e. The van der Waals surface area contributed by atoms with Crippen molar-refractivity contribution in [3.8, 4) is 0 Å². The summed E-state index contributed by atoms with van der Waals surface area (Å²) in [7, 11) is 0. The van der Waals surface area contributed by atoms with Crippen LogP contribution in [-0.2, 0) is 0 Å². The molecule has 2 fully saturated rings. The Bertz CT molecular complexity index is 295. The number of piperidine rings is 1. The highest BCUT2D eigenvalue weighted by molar-refractivity contribution is 4.93. The van der Waals surface area contributed by atoms with Crippen LogP contribution in [0.1, 0.15) is 53.9 Å². The van der Waals surface area contributed by atoms with Gasteiger partial charge in [0.1, 0.15) is 0 Å². The van der Waals surface area contributed by atoms with Crippen LogP contribution in [0.5, 0.6) is 0 Å². The Labute approximate surface area is 132 Å². The molecule has 124 valence electrons. The Kier molecular flexibility index (Phi) is 6.51. The minimum atomic E-state index is 0.675. The third-order valence-electron chi connectivity index (χ3n) is 5.56. The number of nitrogens with one attached hydrogen (secondary N) is 1. The van der Waals surface area contributed by atoms with Gasteiger partial charge in [-0.15, -0.1) is 0 Å². The van der Waals surface area contributed by atoms with Gasteiger partial charge in [0.2, 0.25) is 0 Å². The SMILES string of the molecule is CCCN1CCC(N2CC(C(C)C)NCC2C(C)C)CC1. The Morgan fingerprint density at radius 1 is 1.05 bits per heavy atom. The van der Waals surface area contributed by atoms with Gasteiger partial charge < -0.3 is 10.2 Å². The lowest BCUT2D eigenvalue weighted by Gasteiger charge is -2.49. The molecule has 2 saturated heterocycles. The summed E-state index contributed by atoms with van der Waals surface area (Å²) in [5.41, 5.74) is 0. The molecule has 0 bridgehead atoms. The van der Waals surface area contributed by atoms with Crippen LogP contribution in [0.15, 0.2) is 0 Å². The van der Waals surface area contributed by atoms with Crippen LogP contribution in [0, 0.1) is 11.8 Å². The van der Waals surface area contributed by atoms with Crippen LogP contribution in [0.3, 0.4) is 0 Å². The molecule has 0 aromatic heterocycles. The van der Waals surface area contributed by atoms with Crippen molar-refractivity contribution >= 4 is 0 Å². The molecule has 3 heteroatoms. The van der Waals surface area contributed by atoms with Gasteiger partial charge in [0.05, 0.1) is 0 Å². The van der Waals surface area contributed by atoms with E-state index in [-0.39, 0.29) is 0 Å². The lowest BCUT2D eigenvalue weighted by atomic mass is 9.90. The molecule has 2 aliphatic heterocycles. The van der Waals surface area contributed by atoms with Gasteiger partial charge in [0.25, 0.3) is 0 Å². The lowest BCUT2D eigenvalue weighted by Crippen LogP contribution is -2.63. The molecule has 0 saturated carbocycles. The third kappa shape index (κ3) is 4.43. The first kappa shape index (κ1) is 17.2. The topological polar surface area (TPSA) is 18.5 Å². The fourth-order valence-electron chi connectivity index (χ4n) is 4.09. The number of hydrogen-bond acceptors (Lipinski definition) is 3. The van der Waals surface area contributed by atoms with Gasteiger partial charge in [-0.1, -0.05) is 34.6 Å². The van der Waals surface area contributed by atoms with Crippen LogP contribution >= 0.6 is 0 Å². The van der Waals surface area contributed by atoms with Gasteiger partial charge in [-0.2, -0.15) is 0 Å². The summed E-state index contributed by atoms with van der Waals surface area (Å²) in [6.07, 6.45) is 4.03. The monoisotopic (exact) mass is 295 g/mol. The number of piperazine rings is 1. The van der Waals surface area contributed by atoms with Crippen molar-refractivity contribution in [2.45, 2.75) is 72.0 Å². The lowest BCUT2D eigenvalue weighted by molar-refractivity contribution is 0.0169. The predicted octanol–water partition coefficient (Wildman–Crippen LogP) is 2.82. The Morgan fingerprint density at radius 3 is 2.24 bits per heavy atom. The maximum Gasteiger partial charge on any atom is 0.0247 e. The zero-order valence-corrected chi connectivity index (χ0v) is 14.9. The summed E-state index contributed by atoms with van der Waals surface area (Å²) >= 11 is 0. The van der Waals surface area contributed by atoms with Gasteiger partial charge in [-0.3, -0.25) is 4.90 Å². The first-order chi connectivity index (χ1) is 10.0. The molecule has 1 N–H and O–H groups in total. The normalized spacial score (nSPS) is 30.4. The molecule has 0 radical (unpaired) electrons. The van der Waals surface area contributed by atoms with E-state index in [9.17, 15) is 0 Å². The second kappa shape index (κ2) is 7.94. The molecule has 3 nitrogen and oxygen atoms in total. The molecule has 0 amide bonds. The first-order valence-corrected chi connectivity index (χ1v) is 9.24. The average molecular weight is 296 g/mol. The van der Waals surface area contributed by atoms with Crippen LogP contribution < -0.4 is 5.32 Å². The average Bonchev–Trinajstić information content (AvgIpc) is 2.47. The Balaban J connectivity index is 1.96. The van der Waals surface area contributed by atoms with Crippen molar-refractivity contribution in [3.05, 3.63) is 0 Å². The van der Waals surface area contributed by atoms with Crippen molar-refractivity contribution < 1.29 is 0 Å². The minimum Gasteiger partial charge on any atom is -0.311 e. The van der Waals surface area contributed by atoms with Gasteiger partial charge in [-0.05, 0) is 50.7 Å². The summed E-state index contributed by atoms with van der Waals surface area (Å²) in [5.74, 6) is 1.49. The number of likely N-dealkylation sites (tertiary alicyclic amines) is 1. The summed E-state index contributed by atoms with van der Waals surface area (Å²) < 4.78 is 0. The molecule has 2 rings (SSSR count). The van der Waals surface area contributed by atoms with Gasteiger partial charge in [0.15, 0.2) is 0 Å². The number of hydrogen-bond donors (Lipinski definition) is 1. The fourth-order valence-corrected chi connectivity index (χ4v) is 4.09. The van der Waals surface area contributed by atoms with E-state index in [1.807, 2.05) is 0 Å². The van der Waals surface area contributed by atoms with E-state index in [1.165, 1.54) is 52.0 Å². The standard InChI is InChI=1S/C18H37N3/c1-6-9-20-10-7-16(8-11-20)21-13-17(14(2)3)19-12-18(21)15(4)5/h14-19H,6-13H2,1-5H3. The number of nitrogens with zero attached hydrogens (tertiary/aromatic N) is 2. The van der Waals surface area contributed by atoms with Crippen LogP contribution in [0.4, 0.5) is 0 Å². The van der Waals surface area contributed by atoms with E-state index in [4.69, 9.17) is 0 Å². The molecule has 0 aromatic rings. The predicted molar refractivity (Wildman–Crippen MR) is 91.7 cm³/mol. The van der Waals surface area contributed by atoms with Crippen molar-refractivity contribution in [3.63, 3.8) is 0 Å². The quantitative estimate of drug-likeness (QED) is 0.841. The van der Waals surface area contributed by atoms with Gasteiger partial charge in [0, 0.05) is 31.2 Å². The highest BCUT2D eigenvalue weighted by atomic mass is 15.3. The fraction of sp³-hybridized carbons (Fsp3) is 1.00. The minimum absolute atomic E-state index is 0.675. The largest absolute Gasteiger partial charge is 0.311 e. The van der Waals surface area contributed by atoms with Gasteiger partial charge in [-0.25, -0.2) is 0 Å². The molecule has 2 unspecified atom stereocenters. The molecule has 21 heavy (non-hydrogen) atoms. The Morgan fingerprint density at radius 2 is 1.71 bits per heavy atom. The second-order valence-electron chi connectivity index (χ2n) is 7.84. The van der Waals surface area contributed by atoms with E-state index < -0.39 is 0 Å². The van der Waals surface area contributed by atoms with Crippen molar-refractivity contribution in [1.82, 2.24) is 15.1 Å². The zero-order valence-electron chi connectivity index (χ0n) is 14.9. The van der Waals surface area contributed by atoms with E-state index in [1.54, 1.807) is 0 Å². The maximum atomic E-state index is 3.80. The molecular formula is C18H37N3. The van der Waals surface area contributed by atoms with Crippen LogP contribution in [-0.4, -0.2) is 60.6 Å². The van der Waals surface area contributed by atoms with Crippen molar-refractivity contribution in [1.29, 1.82) is 0 Å². The first-order valence-electron chi connectivity index (χ1n) is 9.24. The summed E-state index contributed by atoms with van der Waals surface area (Å²) in [6.45, 7) is 18.1. The molecule has 2 aliphatic rings. The third-order valence-corrected chi connectivity index (χ3v) is 5.56. The summed E-state index contributed by atoms with van der Waals surface area (Å²) in [6, 6.07) is 2.21. The van der Waals surface area contributed by atoms with E-state index >= 15 is 0 Å². The molecular weight excluding hydrogens is 258 g/mol. The molecule has 0 spiro atoms. The second-order valence-corrected chi connectivity index (χ2v) is 7.84. The van der Waals surface area contributed by atoms with E-state index in [2.05, 4.69) is 49.7 Å². The van der Waals surface area contributed by atoms with Crippen LogP contribution in [0.2, 0.25) is 0 Å².